The SMILES string of the molecule is C=C(C)CN(CC)C(=O)COC(=O)c1ccccc1CN1C(=O)CNC1=O. The van der Waals surface area contributed by atoms with E-state index in [1.807, 2.05) is 13.8 Å². The van der Waals surface area contributed by atoms with Gasteiger partial charge >= 0.3 is 12.0 Å². The van der Waals surface area contributed by atoms with Crippen molar-refractivity contribution >= 4 is 23.8 Å². The molecule has 144 valence electrons. The van der Waals surface area contributed by atoms with Gasteiger partial charge in [-0.3, -0.25) is 14.5 Å². The number of hydrogen-bond donors (Lipinski definition) is 1. The molecular weight excluding hydrogens is 350 g/mol. The van der Waals surface area contributed by atoms with E-state index in [4.69, 9.17) is 4.74 Å². The second kappa shape index (κ2) is 8.98. The van der Waals surface area contributed by atoms with E-state index in [1.54, 1.807) is 18.2 Å². The fourth-order valence-corrected chi connectivity index (χ4v) is 2.64. The molecule has 0 unspecified atom stereocenters. The fraction of sp³-hybridized carbons (Fsp3) is 0.368. The monoisotopic (exact) mass is 373 g/mol. The van der Waals surface area contributed by atoms with Gasteiger partial charge in [0.15, 0.2) is 6.61 Å². The molecule has 0 aliphatic carbocycles. The lowest BCUT2D eigenvalue weighted by Gasteiger charge is -2.21. The third-order valence-electron chi connectivity index (χ3n) is 4.02. The zero-order valence-corrected chi connectivity index (χ0v) is 15.5. The summed E-state index contributed by atoms with van der Waals surface area (Å²) in [4.78, 5) is 50.6. The molecule has 1 aromatic carbocycles. The Bertz CT molecular complexity index is 758. The number of likely N-dealkylation sites (N-methyl/N-ethyl adjacent to an activating group) is 1. The molecule has 4 amide bonds. The number of amides is 4. The molecule has 0 atom stereocenters. The number of nitrogens with zero attached hydrogens (tertiary/aromatic N) is 2. The molecule has 0 spiro atoms. The molecule has 0 aromatic heterocycles. The van der Waals surface area contributed by atoms with Crippen LogP contribution in [0.2, 0.25) is 0 Å². The Balaban J connectivity index is 2.04. The fourth-order valence-electron chi connectivity index (χ4n) is 2.64. The van der Waals surface area contributed by atoms with Crippen molar-refractivity contribution in [2.75, 3.05) is 26.2 Å². The van der Waals surface area contributed by atoms with Gasteiger partial charge in [0.1, 0.15) is 0 Å². The van der Waals surface area contributed by atoms with Crippen molar-refractivity contribution < 1.29 is 23.9 Å². The van der Waals surface area contributed by atoms with Crippen molar-refractivity contribution in [1.82, 2.24) is 15.1 Å². The minimum absolute atomic E-state index is 0.0410. The highest BCUT2D eigenvalue weighted by molar-refractivity contribution is 6.02. The largest absolute Gasteiger partial charge is 0.452 e. The number of esters is 1. The second-order valence-electron chi connectivity index (χ2n) is 6.24. The van der Waals surface area contributed by atoms with Crippen molar-refractivity contribution in [2.45, 2.75) is 20.4 Å². The maximum atomic E-state index is 12.4. The minimum atomic E-state index is -0.683. The van der Waals surface area contributed by atoms with Gasteiger partial charge in [-0.25, -0.2) is 9.59 Å². The van der Waals surface area contributed by atoms with Crippen molar-refractivity contribution in [3.05, 3.63) is 47.5 Å². The molecule has 0 saturated carbocycles. The summed E-state index contributed by atoms with van der Waals surface area (Å²) in [5.74, 6) is -1.37. The summed E-state index contributed by atoms with van der Waals surface area (Å²) in [6.45, 7) is 7.80. The predicted molar refractivity (Wildman–Crippen MR) is 97.7 cm³/mol. The van der Waals surface area contributed by atoms with E-state index in [0.717, 1.165) is 10.5 Å². The number of urea groups is 1. The molecule has 1 heterocycles. The van der Waals surface area contributed by atoms with Crippen molar-refractivity contribution in [2.24, 2.45) is 0 Å². The molecule has 8 heteroatoms. The number of rotatable bonds is 8. The predicted octanol–water partition coefficient (Wildman–Crippen LogP) is 1.32. The molecular formula is C19H23N3O5. The zero-order valence-electron chi connectivity index (χ0n) is 15.5. The molecule has 0 radical (unpaired) electrons. The lowest BCUT2D eigenvalue weighted by atomic mass is 10.1. The molecule has 0 bridgehead atoms. The molecule has 1 fully saturated rings. The van der Waals surface area contributed by atoms with E-state index in [0.29, 0.717) is 18.7 Å². The van der Waals surface area contributed by atoms with Gasteiger partial charge in [-0.1, -0.05) is 30.4 Å². The summed E-state index contributed by atoms with van der Waals surface area (Å²) < 4.78 is 5.15. The van der Waals surface area contributed by atoms with Crippen LogP contribution in [0.25, 0.3) is 0 Å². The van der Waals surface area contributed by atoms with Crippen molar-refractivity contribution in [3.63, 3.8) is 0 Å². The molecule has 27 heavy (non-hydrogen) atoms. The number of imide groups is 1. The summed E-state index contributed by atoms with van der Waals surface area (Å²) in [7, 11) is 0. The van der Waals surface area contributed by atoms with Gasteiger partial charge in [0.05, 0.1) is 18.7 Å². The maximum Gasteiger partial charge on any atom is 0.338 e. The number of benzene rings is 1. The highest BCUT2D eigenvalue weighted by atomic mass is 16.5. The van der Waals surface area contributed by atoms with E-state index < -0.39 is 18.6 Å². The summed E-state index contributed by atoms with van der Waals surface area (Å²) in [5, 5.41) is 2.43. The Morgan fingerprint density at radius 2 is 2.00 bits per heavy atom. The van der Waals surface area contributed by atoms with E-state index in [1.165, 1.54) is 11.0 Å². The maximum absolute atomic E-state index is 12.4. The Labute approximate surface area is 157 Å². The molecule has 1 aromatic rings. The smallest absolute Gasteiger partial charge is 0.338 e. The van der Waals surface area contributed by atoms with Gasteiger partial charge in [-0.05, 0) is 25.5 Å². The molecule has 1 N–H and O–H groups in total. The van der Waals surface area contributed by atoms with Crippen LogP contribution in [0.4, 0.5) is 4.79 Å². The van der Waals surface area contributed by atoms with Crippen LogP contribution in [-0.2, 0) is 20.9 Å². The van der Waals surface area contributed by atoms with Crippen molar-refractivity contribution in [3.8, 4) is 0 Å². The van der Waals surface area contributed by atoms with Crippen LogP contribution >= 0.6 is 0 Å². The summed E-state index contributed by atoms with van der Waals surface area (Å²) in [6.07, 6.45) is 0. The average molecular weight is 373 g/mol. The first kappa shape index (κ1) is 20.2. The summed E-state index contributed by atoms with van der Waals surface area (Å²) >= 11 is 0. The quantitative estimate of drug-likeness (QED) is 0.421. The first-order valence-electron chi connectivity index (χ1n) is 8.58. The van der Waals surface area contributed by atoms with Gasteiger partial charge in [-0.15, -0.1) is 0 Å². The van der Waals surface area contributed by atoms with E-state index in [-0.39, 0.29) is 30.5 Å². The zero-order chi connectivity index (χ0) is 20.0. The summed E-state index contributed by atoms with van der Waals surface area (Å²) in [5.41, 5.74) is 1.51. The second-order valence-corrected chi connectivity index (χ2v) is 6.24. The van der Waals surface area contributed by atoms with Crippen LogP contribution < -0.4 is 5.32 Å². The number of carbonyl (C=O) groups is 4. The number of nitrogens with one attached hydrogen (secondary N) is 1. The van der Waals surface area contributed by atoms with Gasteiger partial charge in [0.2, 0.25) is 5.91 Å². The topological polar surface area (TPSA) is 96.0 Å². The van der Waals surface area contributed by atoms with E-state index >= 15 is 0 Å². The third kappa shape index (κ3) is 5.16. The Hall–Kier alpha value is -3.16. The van der Waals surface area contributed by atoms with Crippen LogP contribution in [0.3, 0.4) is 0 Å². The number of hydrogen-bond acceptors (Lipinski definition) is 5. The van der Waals surface area contributed by atoms with Gasteiger partial charge in [-0.2, -0.15) is 0 Å². The van der Waals surface area contributed by atoms with Gasteiger partial charge in [0, 0.05) is 13.1 Å². The van der Waals surface area contributed by atoms with E-state index in [2.05, 4.69) is 11.9 Å². The number of carbonyl (C=O) groups excluding carboxylic acids is 4. The lowest BCUT2D eigenvalue weighted by Crippen LogP contribution is -2.35. The molecule has 2 rings (SSSR count). The van der Waals surface area contributed by atoms with Crippen LogP contribution in [0.15, 0.2) is 36.4 Å². The summed E-state index contributed by atoms with van der Waals surface area (Å²) in [6, 6.07) is 6.01. The molecule has 1 aliphatic heterocycles. The highest BCUT2D eigenvalue weighted by Gasteiger charge is 2.29. The van der Waals surface area contributed by atoms with Gasteiger partial charge < -0.3 is 15.0 Å². The molecule has 8 nitrogen and oxygen atoms in total. The van der Waals surface area contributed by atoms with E-state index in [9.17, 15) is 19.2 Å². The van der Waals surface area contributed by atoms with Crippen LogP contribution in [0.1, 0.15) is 29.8 Å². The first-order valence-corrected chi connectivity index (χ1v) is 8.58. The standard InChI is InChI=1S/C19H23N3O5/c1-4-21(10-13(2)3)17(24)12-27-18(25)15-8-6-5-7-14(15)11-22-16(23)9-20-19(22)26/h5-8H,2,4,9-12H2,1,3H3,(H,20,26). The average Bonchev–Trinajstić information content (AvgIpc) is 2.96. The minimum Gasteiger partial charge on any atom is -0.452 e. The first-order chi connectivity index (χ1) is 12.8. The molecule has 1 aliphatic rings. The van der Waals surface area contributed by atoms with Crippen LogP contribution in [0.5, 0.6) is 0 Å². The Morgan fingerprint density at radius 3 is 2.59 bits per heavy atom. The normalized spacial score (nSPS) is 13.3. The van der Waals surface area contributed by atoms with Crippen LogP contribution in [-0.4, -0.2) is 59.9 Å². The number of ether oxygens (including phenoxy) is 1. The highest BCUT2D eigenvalue weighted by Crippen LogP contribution is 2.15. The van der Waals surface area contributed by atoms with Crippen LogP contribution in [0, 0.1) is 0 Å². The van der Waals surface area contributed by atoms with Gasteiger partial charge in [0.25, 0.3) is 5.91 Å². The molecule has 1 saturated heterocycles. The Kier molecular flexibility index (Phi) is 6.70. The Morgan fingerprint density at radius 1 is 1.30 bits per heavy atom. The third-order valence-corrected chi connectivity index (χ3v) is 4.02. The lowest BCUT2D eigenvalue weighted by molar-refractivity contribution is -0.134. The van der Waals surface area contributed by atoms with Crippen molar-refractivity contribution in [1.29, 1.82) is 0 Å².